The normalized spacial score (nSPS) is 10.5. The lowest BCUT2D eigenvalue weighted by molar-refractivity contribution is 0.415. The quantitative estimate of drug-likeness (QED) is 0.684. The topological polar surface area (TPSA) is 35.0 Å². The Hall–Kier alpha value is -2.42. The molecule has 87 valence electrons. The molecule has 0 spiro atoms. The van der Waals surface area contributed by atoms with Gasteiger partial charge in [-0.2, -0.15) is 0 Å². The van der Waals surface area contributed by atoms with Crippen LogP contribution in [0.1, 0.15) is 0 Å². The van der Waals surface area contributed by atoms with Gasteiger partial charge in [-0.3, -0.25) is 4.98 Å². The first kappa shape index (κ1) is 10.7. The van der Waals surface area contributed by atoms with Gasteiger partial charge in [-0.15, -0.1) is 0 Å². The van der Waals surface area contributed by atoms with Crippen LogP contribution in [0.2, 0.25) is 0 Å². The van der Waals surface area contributed by atoms with Gasteiger partial charge in [-0.1, -0.05) is 6.07 Å². The summed E-state index contributed by atoms with van der Waals surface area (Å²) < 4.78 is 5.14. The monoisotopic (exact) mass is 235 g/mol. The number of fused-ring (bicyclic) bond motifs is 1. The summed E-state index contributed by atoms with van der Waals surface area (Å²) in [6.45, 7) is 0. The van der Waals surface area contributed by atoms with Gasteiger partial charge in [0.15, 0.2) is 0 Å². The number of rotatable bonds is 2. The van der Waals surface area contributed by atoms with E-state index in [1.807, 2.05) is 42.5 Å². The van der Waals surface area contributed by atoms with E-state index in [2.05, 4.69) is 16.0 Å². The van der Waals surface area contributed by atoms with E-state index in [0.717, 1.165) is 28.0 Å². The Labute approximate surface area is 105 Å². The number of hydrogen-bond donors (Lipinski definition) is 0. The zero-order valence-corrected chi connectivity index (χ0v) is 9.92. The molecule has 0 saturated carbocycles. The predicted octanol–water partition coefficient (Wildman–Crippen LogP) is 3.11. The van der Waals surface area contributed by atoms with Gasteiger partial charge in [0.25, 0.3) is 0 Å². The van der Waals surface area contributed by atoms with Crippen molar-refractivity contribution in [2.45, 2.75) is 0 Å². The molecule has 3 heteroatoms. The number of ether oxygens (including phenoxy) is 1. The van der Waals surface area contributed by atoms with Gasteiger partial charge in [0.2, 0.25) is 0 Å². The van der Waals surface area contributed by atoms with Gasteiger partial charge in [0, 0.05) is 5.56 Å². The first-order chi connectivity index (χ1) is 8.86. The highest BCUT2D eigenvalue weighted by atomic mass is 16.5. The van der Waals surface area contributed by atoms with Gasteiger partial charge >= 0.3 is 0 Å². The van der Waals surface area contributed by atoms with Crippen LogP contribution in [-0.4, -0.2) is 17.1 Å². The minimum absolute atomic E-state index is 0.835. The van der Waals surface area contributed by atoms with Crippen molar-refractivity contribution >= 4 is 11.0 Å². The van der Waals surface area contributed by atoms with E-state index in [1.165, 1.54) is 0 Å². The van der Waals surface area contributed by atoms with E-state index in [9.17, 15) is 0 Å². The molecule has 0 fully saturated rings. The molecular weight excluding hydrogens is 224 g/mol. The first-order valence-corrected chi connectivity index (χ1v) is 5.64. The lowest BCUT2D eigenvalue weighted by Crippen LogP contribution is -1.88. The Balaban J connectivity index is 2.07. The maximum Gasteiger partial charge on any atom is 0.118 e. The number of aromatic nitrogens is 2. The second kappa shape index (κ2) is 4.45. The number of benzene rings is 2. The van der Waals surface area contributed by atoms with Crippen molar-refractivity contribution in [2.24, 2.45) is 0 Å². The predicted molar refractivity (Wildman–Crippen MR) is 70.4 cm³/mol. The van der Waals surface area contributed by atoms with Crippen molar-refractivity contribution in [1.29, 1.82) is 0 Å². The fourth-order valence-electron chi connectivity index (χ4n) is 1.80. The minimum atomic E-state index is 0.835. The average Bonchev–Trinajstić information content (AvgIpc) is 2.47. The molecule has 0 atom stereocenters. The largest absolute Gasteiger partial charge is 0.497 e. The van der Waals surface area contributed by atoms with Crippen molar-refractivity contribution in [3.8, 4) is 17.0 Å². The standard InChI is InChI=1S/C15H11N2O/c1-18-12-8-6-11(7-9-12)15-10-16-13-4-2-3-5-14(13)17-15/h3-10H,1H3. The van der Waals surface area contributed by atoms with Gasteiger partial charge < -0.3 is 4.74 Å². The van der Waals surface area contributed by atoms with Gasteiger partial charge in [-0.25, -0.2) is 4.98 Å². The van der Waals surface area contributed by atoms with E-state index in [1.54, 1.807) is 13.3 Å². The van der Waals surface area contributed by atoms with Crippen LogP contribution >= 0.6 is 0 Å². The molecule has 0 aliphatic heterocycles. The van der Waals surface area contributed by atoms with E-state index in [-0.39, 0.29) is 0 Å². The molecule has 0 bridgehead atoms. The highest BCUT2D eigenvalue weighted by Gasteiger charge is 2.02. The van der Waals surface area contributed by atoms with Crippen molar-refractivity contribution in [3.63, 3.8) is 0 Å². The molecule has 0 aliphatic carbocycles. The molecule has 0 saturated heterocycles. The Kier molecular flexibility index (Phi) is 2.65. The lowest BCUT2D eigenvalue weighted by atomic mass is 10.1. The Morgan fingerprint density at radius 3 is 2.67 bits per heavy atom. The zero-order chi connectivity index (χ0) is 12.4. The fraction of sp³-hybridized carbons (Fsp3) is 0.0667. The summed E-state index contributed by atoms with van der Waals surface area (Å²) in [4.78, 5) is 8.95. The second-order valence-electron chi connectivity index (χ2n) is 3.90. The van der Waals surface area contributed by atoms with Crippen LogP contribution in [0.15, 0.2) is 48.7 Å². The third-order valence-electron chi connectivity index (χ3n) is 2.77. The second-order valence-corrected chi connectivity index (χ2v) is 3.90. The van der Waals surface area contributed by atoms with Crippen molar-refractivity contribution < 1.29 is 4.74 Å². The van der Waals surface area contributed by atoms with Crippen molar-refractivity contribution in [1.82, 2.24) is 9.97 Å². The van der Waals surface area contributed by atoms with Crippen LogP contribution in [0.3, 0.4) is 0 Å². The third-order valence-corrected chi connectivity index (χ3v) is 2.77. The molecule has 2 aromatic carbocycles. The summed E-state index contributed by atoms with van der Waals surface area (Å²) in [6, 6.07) is 16.4. The Morgan fingerprint density at radius 1 is 1.06 bits per heavy atom. The highest BCUT2D eigenvalue weighted by Crippen LogP contribution is 2.21. The van der Waals surface area contributed by atoms with E-state index in [4.69, 9.17) is 4.74 Å². The van der Waals surface area contributed by atoms with Crippen LogP contribution in [0.5, 0.6) is 5.75 Å². The zero-order valence-electron chi connectivity index (χ0n) is 9.92. The summed E-state index contributed by atoms with van der Waals surface area (Å²) in [7, 11) is 1.65. The number of methoxy groups -OCH3 is 1. The third kappa shape index (κ3) is 1.91. The summed E-state index contributed by atoms with van der Waals surface area (Å²) in [6.07, 6.45) is 1.78. The molecule has 3 aromatic rings. The summed E-state index contributed by atoms with van der Waals surface area (Å²) in [5.74, 6) is 0.835. The number of hydrogen-bond acceptors (Lipinski definition) is 3. The maximum absolute atomic E-state index is 5.14. The first-order valence-electron chi connectivity index (χ1n) is 5.64. The van der Waals surface area contributed by atoms with Gasteiger partial charge in [0.1, 0.15) is 5.75 Å². The van der Waals surface area contributed by atoms with Crippen molar-refractivity contribution in [3.05, 3.63) is 54.7 Å². The molecule has 1 aromatic heterocycles. The lowest BCUT2D eigenvalue weighted by Gasteiger charge is -2.04. The summed E-state index contributed by atoms with van der Waals surface area (Å²) in [5, 5.41) is 0. The Bertz CT molecular complexity index is 677. The molecule has 0 amide bonds. The van der Waals surface area contributed by atoms with Crippen LogP contribution < -0.4 is 4.74 Å². The molecule has 18 heavy (non-hydrogen) atoms. The van der Waals surface area contributed by atoms with Crippen LogP contribution in [0.4, 0.5) is 0 Å². The molecular formula is C15H11N2O. The molecule has 1 heterocycles. The molecule has 0 aliphatic rings. The highest BCUT2D eigenvalue weighted by molar-refractivity contribution is 5.76. The molecule has 0 N–H and O–H groups in total. The van der Waals surface area contributed by atoms with Gasteiger partial charge in [-0.05, 0) is 42.5 Å². The van der Waals surface area contributed by atoms with Gasteiger partial charge in [0.05, 0.1) is 30.0 Å². The molecule has 0 unspecified atom stereocenters. The fourth-order valence-corrected chi connectivity index (χ4v) is 1.80. The van der Waals surface area contributed by atoms with Crippen LogP contribution in [0.25, 0.3) is 22.3 Å². The minimum Gasteiger partial charge on any atom is -0.497 e. The Morgan fingerprint density at radius 2 is 1.89 bits per heavy atom. The summed E-state index contributed by atoms with van der Waals surface area (Å²) >= 11 is 0. The maximum atomic E-state index is 5.14. The van der Waals surface area contributed by atoms with Crippen LogP contribution in [-0.2, 0) is 0 Å². The SMILES string of the molecule is COc1ccc(-c2cnc3c[c]ccc3n2)cc1. The number of nitrogens with zero attached hydrogens (tertiary/aromatic N) is 2. The summed E-state index contributed by atoms with van der Waals surface area (Å²) in [5.41, 5.74) is 3.62. The van der Waals surface area contributed by atoms with Crippen LogP contribution in [0, 0.1) is 6.07 Å². The molecule has 3 rings (SSSR count). The van der Waals surface area contributed by atoms with Crippen molar-refractivity contribution in [2.75, 3.05) is 7.11 Å². The van der Waals surface area contributed by atoms with E-state index in [0.29, 0.717) is 0 Å². The van der Waals surface area contributed by atoms with E-state index < -0.39 is 0 Å². The molecule has 1 radical (unpaired) electrons. The molecule has 3 nitrogen and oxygen atoms in total. The average molecular weight is 235 g/mol. The van der Waals surface area contributed by atoms with E-state index >= 15 is 0 Å². The smallest absolute Gasteiger partial charge is 0.118 e.